The third kappa shape index (κ3) is 4.97. The number of nitrogen functional groups attached to an aromatic ring is 1. The van der Waals surface area contributed by atoms with Gasteiger partial charge >= 0.3 is 5.97 Å². The summed E-state index contributed by atoms with van der Waals surface area (Å²) in [6.07, 6.45) is -0.243. The van der Waals surface area contributed by atoms with E-state index in [1.807, 2.05) is 30.3 Å². The molecule has 10 heteroatoms. The van der Waals surface area contributed by atoms with Gasteiger partial charge < -0.3 is 15.8 Å². The van der Waals surface area contributed by atoms with E-state index in [-0.39, 0.29) is 42.0 Å². The Balaban J connectivity index is 1.64. The molecule has 0 unspecified atom stereocenters. The van der Waals surface area contributed by atoms with Crippen LogP contribution in [0, 0.1) is 10.1 Å². The summed E-state index contributed by atoms with van der Waals surface area (Å²) in [5.74, 6) is -0.311. The lowest BCUT2D eigenvalue weighted by Crippen LogP contribution is -2.13. The summed E-state index contributed by atoms with van der Waals surface area (Å²) in [5.41, 5.74) is 6.56. The highest BCUT2D eigenvalue weighted by Crippen LogP contribution is 2.19. The second-order valence-corrected chi connectivity index (χ2v) is 5.65. The minimum atomic E-state index is -0.647. The number of benzene rings is 2. The molecule has 0 saturated carbocycles. The van der Waals surface area contributed by atoms with Crippen molar-refractivity contribution in [2.75, 3.05) is 11.1 Å². The second kappa shape index (κ2) is 8.54. The van der Waals surface area contributed by atoms with Crippen molar-refractivity contribution < 1.29 is 14.5 Å². The van der Waals surface area contributed by atoms with Gasteiger partial charge in [-0.05, 0) is 12.1 Å². The molecule has 3 rings (SSSR count). The molecule has 0 aliphatic heterocycles. The number of nitrogens with zero attached hydrogens (tertiary/aromatic N) is 4. The number of hydrogen-bond acceptors (Lipinski definition) is 9. The normalized spacial score (nSPS) is 10.3. The third-order valence-corrected chi connectivity index (χ3v) is 3.61. The fourth-order valence-electron chi connectivity index (χ4n) is 2.40. The summed E-state index contributed by atoms with van der Waals surface area (Å²) in [5, 5.41) is 14.0. The van der Waals surface area contributed by atoms with E-state index in [1.165, 1.54) is 18.2 Å². The summed E-state index contributed by atoms with van der Waals surface area (Å²) < 4.78 is 5.13. The van der Waals surface area contributed by atoms with E-state index < -0.39 is 10.9 Å². The first-order valence-electron chi connectivity index (χ1n) is 8.21. The minimum Gasteiger partial charge on any atom is -0.457 e. The van der Waals surface area contributed by atoms with Gasteiger partial charge in [-0.1, -0.05) is 36.4 Å². The SMILES string of the molecule is Nc1nc(COC(=O)Cc2ccccc2[N+](=O)[O-])nc(Nc2ccccc2)n1. The standard InChI is InChI=1S/C18H16N6O4/c19-17-21-15(22-18(23-17)20-13-7-2-1-3-8-13)11-28-16(25)10-12-6-4-5-9-14(12)24(26)27/h1-9H,10-11H2,(H3,19,20,21,22,23). The number of carbonyl (C=O) groups is 1. The number of esters is 1. The molecule has 0 aliphatic carbocycles. The van der Waals surface area contributed by atoms with Crippen molar-refractivity contribution in [2.45, 2.75) is 13.0 Å². The van der Waals surface area contributed by atoms with E-state index in [1.54, 1.807) is 6.07 Å². The topological polar surface area (TPSA) is 146 Å². The van der Waals surface area contributed by atoms with Gasteiger partial charge in [0.2, 0.25) is 11.9 Å². The van der Waals surface area contributed by atoms with E-state index in [0.29, 0.717) is 0 Å². The molecule has 0 atom stereocenters. The molecule has 0 spiro atoms. The van der Waals surface area contributed by atoms with E-state index in [0.717, 1.165) is 5.69 Å². The third-order valence-electron chi connectivity index (χ3n) is 3.61. The molecular weight excluding hydrogens is 364 g/mol. The van der Waals surface area contributed by atoms with Gasteiger partial charge in [-0.2, -0.15) is 15.0 Å². The van der Waals surface area contributed by atoms with E-state index in [2.05, 4.69) is 20.3 Å². The quantitative estimate of drug-likeness (QED) is 0.358. The highest BCUT2D eigenvalue weighted by Gasteiger charge is 2.17. The molecule has 1 aromatic heterocycles. The molecule has 0 aliphatic rings. The number of nitrogens with two attached hydrogens (primary N) is 1. The van der Waals surface area contributed by atoms with Crippen LogP contribution in [0.4, 0.5) is 23.3 Å². The van der Waals surface area contributed by atoms with Crippen molar-refractivity contribution in [3.8, 4) is 0 Å². The molecule has 3 N–H and O–H groups in total. The highest BCUT2D eigenvalue weighted by molar-refractivity contribution is 5.74. The smallest absolute Gasteiger partial charge is 0.310 e. The van der Waals surface area contributed by atoms with Gasteiger partial charge in [0.05, 0.1) is 11.3 Å². The molecular formula is C18H16N6O4. The fraction of sp³-hybridized carbons (Fsp3) is 0.111. The summed E-state index contributed by atoms with van der Waals surface area (Å²) in [6.45, 7) is -0.240. The predicted molar refractivity (Wildman–Crippen MR) is 101 cm³/mol. The Hall–Kier alpha value is -4.08. The Morgan fingerprint density at radius 3 is 2.54 bits per heavy atom. The van der Waals surface area contributed by atoms with Crippen LogP contribution in [0.2, 0.25) is 0 Å². The van der Waals surface area contributed by atoms with Gasteiger partial charge in [-0.3, -0.25) is 14.9 Å². The van der Waals surface area contributed by atoms with Crippen LogP contribution in [0.5, 0.6) is 0 Å². The van der Waals surface area contributed by atoms with Crippen LogP contribution in [0.15, 0.2) is 54.6 Å². The van der Waals surface area contributed by atoms with Crippen molar-refractivity contribution in [3.63, 3.8) is 0 Å². The Labute approximate surface area is 159 Å². The zero-order valence-corrected chi connectivity index (χ0v) is 14.6. The molecule has 0 radical (unpaired) electrons. The number of ether oxygens (including phenoxy) is 1. The van der Waals surface area contributed by atoms with Gasteiger partial charge in [0, 0.05) is 17.3 Å². The van der Waals surface area contributed by atoms with Crippen molar-refractivity contribution >= 4 is 29.2 Å². The average Bonchev–Trinajstić information content (AvgIpc) is 2.67. The summed E-state index contributed by atoms with van der Waals surface area (Å²) in [7, 11) is 0. The summed E-state index contributed by atoms with van der Waals surface area (Å²) >= 11 is 0. The van der Waals surface area contributed by atoms with Crippen molar-refractivity contribution in [2.24, 2.45) is 0 Å². The van der Waals surface area contributed by atoms with Gasteiger partial charge in [-0.15, -0.1) is 0 Å². The van der Waals surface area contributed by atoms with Crippen LogP contribution >= 0.6 is 0 Å². The minimum absolute atomic E-state index is 0.0295. The molecule has 1 heterocycles. The molecule has 142 valence electrons. The molecule has 3 aromatic rings. The molecule has 28 heavy (non-hydrogen) atoms. The van der Waals surface area contributed by atoms with Crippen LogP contribution in [-0.2, 0) is 22.6 Å². The zero-order chi connectivity index (χ0) is 19.9. The Morgan fingerprint density at radius 1 is 1.07 bits per heavy atom. The number of hydrogen-bond donors (Lipinski definition) is 2. The number of anilines is 3. The van der Waals surface area contributed by atoms with Crippen LogP contribution in [0.1, 0.15) is 11.4 Å². The maximum atomic E-state index is 12.1. The van der Waals surface area contributed by atoms with Crippen LogP contribution in [0.3, 0.4) is 0 Å². The van der Waals surface area contributed by atoms with E-state index in [4.69, 9.17) is 10.5 Å². The first kappa shape index (κ1) is 18.7. The lowest BCUT2D eigenvalue weighted by Gasteiger charge is -2.08. The van der Waals surface area contributed by atoms with Gasteiger partial charge in [0.15, 0.2) is 12.4 Å². The van der Waals surface area contributed by atoms with E-state index >= 15 is 0 Å². The second-order valence-electron chi connectivity index (χ2n) is 5.65. The first-order valence-corrected chi connectivity index (χ1v) is 8.21. The van der Waals surface area contributed by atoms with Gasteiger partial charge in [0.25, 0.3) is 5.69 Å². The first-order chi connectivity index (χ1) is 13.5. The van der Waals surface area contributed by atoms with Gasteiger partial charge in [-0.25, -0.2) is 0 Å². The van der Waals surface area contributed by atoms with Crippen LogP contribution in [0.25, 0.3) is 0 Å². The lowest BCUT2D eigenvalue weighted by atomic mass is 10.1. The zero-order valence-electron chi connectivity index (χ0n) is 14.6. The number of nitro groups is 1. The largest absolute Gasteiger partial charge is 0.457 e. The molecule has 0 amide bonds. The van der Waals surface area contributed by atoms with Crippen molar-refractivity contribution in [3.05, 3.63) is 76.1 Å². The number of carbonyl (C=O) groups excluding carboxylic acids is 1. The molecule has 0 bridgehead atoms. The maximum Gasteiger partial charge on any atom is 0.310 e. The summed E-state index contributed by atoms with van der Waals surface area (Å²) in [4.78, 5) is 34.6. The molecule has 0 saturated heterocycles. The van der Waals surface area contributed by atoms with Crippen molar-refractivity contribution in [1.82, 2.24) is 15.0 Å². The lowest BCUT2D eigenvalue weighted by molar-refractivity contribution is -0.385. The fourth-order valence-corrected chi connectivity index (χ4v) is 2.40. The highest BCUT2D eigenvalue weighted by atomic mass is 16.6. The molecule has 0 fully saturated rings. The van der Waals surface area contributed by atoms with Gasteiger partial charge in [0.1, 0.15) is 0 Å². The predicted octanol–water partition coefficient (Wildman–Crippen LogP) is 2.39. The Kier molecular flexibility index (Phi) is 5.70. The Morgan fingerprint density at radius 2 is 1.79 bits per heavy atom. The number of rotatable bonds is 7. The number of aromatic nitrogens is 3. The summed E-state index contributed by atoms with van der Waals surface area (Å²) in [6, 6.07) is 15.2. The van der Waals surface area contributed by atoms with Crippen LogP contribution in [-0.4, -0.2) is 25.8 Å². The number of nitrogens with one attached hydrogen (secondary N) is 1. The Bertz CT molecular complexity index is 996. The van der Waals surface area contributed by atoms with Crippen molar-refractivity contribution in [1.29, 1.82) is 0 Å². The number of para-hydroxylation sites is 2. The monoisotopic (exact) mass is 380 g/mol. The molecule has 2 aromatic carbocycles. The average molecular weight is 380 g/mol. The maximum absolute atomic E-state index is 12.1. The molecule has 10 nitrogen and oxygen atoms in total. The van der Waals surface area contributed by atoms with Crippen LogP contribution < -0.4 is 11.1 Å². The van der Waals surface area contributed by atoms with E-state index in [9.17, 15) is 14.9 Å². The number of nitro benzene ring substituents is 1.